The molecule has 1 aromatic heterocycles. The van der Waals surface area contributed by atoms with Crippen LogP contribution in [0.2, 0.25) is 0 Å². The van der Waals surface area contributed by atoms with Crippen LogP contribution in [0.1, 0.15) is 24.3 Å². The van der Waals surface area contributed by atoms with Crippen molar-refractivity contribution in [2.24, 2.45) is 5.92 Å². The molecule has 2 unspecified atom stereocenters. The Bertz CT molecular complexity index is 626. The topological polar surface area (TPSA) is 79.4 Å². The zero-order chi connectivity index (χ0) is 14.3. The minimum Gasteiger partial charge on any atom is -0.353 e. The van der Waals surface area contributed by atoms with E-state index in [4.69, 9.17) is 0 Å². The minimum absolute atomic E-state index is 0.0839. The molecule has 0 aromatic carbocycles. The molecule has 6 nitrogen and oxygen atoms in total. The van der Waals surface area contributed by atoms with Crippen molar-refractivity contribution in [1.29, 1.82) is 0 Å². The molecule has 20 heavy (non-hydrogen) atoms. The van der Waals surface area contributed by atoms with Gasteiger partial charge < -0.3 is 5.32 Å². The Kier molecular flexibility index (Phi) is 3.55. The first kappa shape index (κ1) is 14.0. The molecule has 3 heterocycles. The lowest BCUT2D eigenvalue weighted by atomic mass is 9.86. The highest BCUT2D eigenvalue weighted by molar-refractivity contribution is 7.91. The predicted octanol–water partition coefficient (Wildman–Crippen LogP) is 0.741. The molecule has 0 saturated carbocycles. The molecular formula is C12H17N3O3S2. The number of hydrogen-bond donors (Lipinski definition) is 1. The molecular weight excluding hydrogens is 298 g/mol. The molecule has 2 saturated heterocycles. The van der Waals surface area contributed by atoms with Crippen molar-refractivity contribution in [2.75, 3.05) is 13.1 Å². The summed E-state index contributed by atoms with van der Waals surface area (Å²) in [7, 11) is -3.43. The molecule has 1 amide bonds. The number of rotatable bonds is 2. The van der Waals surface area contributed by atoms with E-state index in [0.717, 1.165) is 11.4 Å². The van der Waals surface area contributed by atoms with Crippen molar-refractivity contribution in [3.8, 4) is 0 Å². The average molecular weight is 315 g/mol. The highest BCUT2D eigenvalue weighted by Gasteiger charge is 2.38. The van der Waals surface area contributed by atoms with Gasteiger partial charge >= 0.3 is 0 Å². The molecule has 0 aliphatic carbocycles. The summed E-state index contributed by atoms with van der Waals surface area (Å²) in [5.41, 5.74) is 0. The summed E-state index contributed by atoms with van der Waals surface area (Å²) in [4.78, 5) is 15.4. The summed E-state index contributed by atoms with van der Waals surface area (Å²) in [5.74, 6) is 0.311. The number of amides is 1. The summed E-state index contributed by atoms with van der Waals surface area (Å²) < 4.78 is 27.0. The minimum atomic E-state index is -3.43. The first-order valence-corrected chi connectivity index (χ1v) is 8.94. The number of nitrogens with zero attached hydrogens (tertiary/aromatic N) is 2. The summed E-state index contributed by atoms with van der Waals surface area (Å²) in [6, 6.07) is 0.130. The second-order valence-corrected chi connectivity index (χ2v) is 8.72. The Hall–Kier alpha value is -0.990. The normalized spacial score (nSPS) is 27.9. The summed E-state index contributed by atoms with van der Waals surface area (Å²) in [6.45, 7) is 2.75. The van der Waals surface area contributed by atoms with Crippen LogP contribution in [0.25, 0.3) is 0 Å². The van der Waals surface area contributed by atoms with Crippen molar-refractivity contribution in [2.45, 2.75) is 36.4 Å². The summed E-state index contributed by atoms with van der Waals surface area (Å²) >= 11 is 1.21. The quantitative estimate of drug-likeness (QED) is 0.873. The average Bonchev–Trinajstić information content (AvgIpc) is 2.85. The van der Waals surface area contributed by atoms with Crippen LogP contribution in [-0.2, 0) is 14.8 Å². The Labute approximate surface area is 122 Å². The van der Waals surface area contributed by atoms with Gasteiger partial charge in [0.15, 0.2) is 4.21 Å². The van der Waals surface area contributed by atoms with E-state index in [1.54, 1.807) is 11.2 Å². The smallest absolute Gasteiger partial charge is 0.254 e. The maximum absolute atomic E-state index is 12.5. The van der Waals surface area contributed by atoms with Gasteiger partial charge in [-0.15, -0.1) is 11.3 Å². The number of aromatic nitrogens is 1. The van der Waals surface area contributed by atoms with E-state index in [1.165, 1.54) is 17.5 Å². The first-order valence-electron chi connectivity index (χ1n) is 6.69. The standard InChI is InChI=1S/C12H17N3O3S2/c1-8-13-6-12(19-8)20(17,18)15-5-4-10-9(7-15)2-3-11(16)14-10/h6,9-10H,2-5,7H2,1H3,(H,14,16). The molecule has 2 aliphatic rings. The molecule has 0 spiro atoms. The van der Waals surface area contributed by atoms with Crippen LogP contribution < -0.4 is 5.32 Å². The number of fused-ring (bicyclic) bond motifs is 1. The highest BCUT2D eigenvalue weighted by atomic mass is 32.2. The largest absolute Gasteiger partial charge is 0.353 e. The molecule has 8 heteroatoms. The van der Waals surface area contributed by atoms with E-state index in [1.807, 2.05) is 0 Å². The van der Waals surface area contributed by atoms with Crippen LogP contribution in [0.15, 0.2) is 10.4 Å². The van der Waals surface area contributed by atoms with Gasteiger partial charge in [0.25, 0.3) is 10.0 Å². The second-order valence-electron chi connectivity index (χ2n) is 5.32. The third kappa shape index (κ3) is 2.47. The first-order chi connectivity index (χ1) is 9.46. The number of aryl methyl sites for hydroxylation is 1. The number of sulfonamides is 1. The summed E-state index contributed by atoms with van der Waals surface area (Å²) in [6.07, 6.45) is 3.39. The van der Waals surface area contributed by atoms with Gasteiger partial charge in [0.05, 0.1) is 11.2 Å². The van der Waals surface area contributed by atoms with E-state index >= 15 is 0 Å². The lowest BCUT2D eigenvalue weighted by Gasteiger charge is -2.40. The number of nitrogens with one attached hydrogen (secondary N) is 1. The van der Waals surface area contributed by atoms with Gasteiger partial charge in [-0.2, -0.15) is 4.31 Å². The zero-order valence-corrected chi connectivity index (χ0v) is 12.8. The zero-order valence-electron chi connectivity index (χ0n) is 11.2. The maximum Gasteiger partial charge on any atom is 0.254 e. The van der Waals surface area contributed by atoms with E-state index in [-0.39, 0.29) is 17.9 Å². The highest BCUT2D eigenvalue weighted by Crippen LogP contribution is 2.30. The van der Waals surface area contributed by atoms with Gasteiger partial charge in [0.2, 0.25) is 5.91 Å². The van der Waals surface area contributed by atoms with E-state index in [9.17, 15) is 13.2 Å². The van der Waals surface area contributed by atoms with Gasteiger partial charge in [-0.05, 0) is 25.7 Å². The summed E-state index contributed by atoms with van der Waals surface area (Å²) in [5, 5.41) is 3.72. The number of thiazole rings is 1. The Balaban J connectivity index is 1.77. The monoisotopic (exact) mass is 315 g/mol. The van der Waals surface area contributed by atoms with Crippen molar-refractivity contribution < 1.29 is 13.2 Å². The fraction of sp³-hybridized carbons (Fsp3) is 0.667. The van der Waals surface area contributed by atoms with Gasteiger partial charge in [0, 0.05) is 25.6 Å². The van der Waals surface area contributed by atoms with Crippen LogP contribution in [0.4, 0.5) is 0 Å². The molecule has 2 atom stereocenters. The SMILES string of the molecule is Cc1ncc(S(=O)(=O)N2CCC3NC(=O)CCC3C2)s1. The van der Waals surface area contributed by atoms with Crippen LogP contribution in [0.3, 0.4) is 0 Å². The lowest BCUT2D eigenvalue weighted by molar-refractivity contribution is -0.124. The predicted molar refractivity (Wildman–Crippen MR) is 74.9 cm³/mol. The number of carbonyl (C=O) groups excluding carboxylic acids is 1. The Morgan fingerprint density at radius 1 is 1.45 bits per heavy atom. The third-order valence-electron chi connectivity index (χ3n) is 3.98. The van der Waals surface area contributed by atoms with Crippen molar-refractivity contribution in [3.05, 3.63) is 11.2 Å². The second kappa shape index (κ2) is 5.09. The van der Waals surface area contributed by atoms with Crippen molar-refractivity contribution >= 4 is 27.3 Å². The molecule has 110 valence electrons. The van der Waals surface area contributed by atoms with Crippen LogP contribution in [-0.4, -0.2) is 42.7 Å². The van der Waals surface area contributed by atoms with Crippen LogP contribution in [0, 0.1) is 12.8 Å². The number of hydrogen-bond acceptors (Lipinski definition) is 5. The Morgan fingerprint density at radius 2 is 2.25 bits per heavy atom. The molecule has 0 bridgehead atoms. The van der Waals surface area contributed by atoms with E-state index in [2.05, 4.69) is 10.3 Å². The number of carbonyl (C=O) groups is 1. The molecule has 2 fully saturated rings. The van der Waals surface area contributed by atoms with Crippen LogP contribution >= 0.6 is 11.3 Å². The molecule has 0 radical (unpaired) electrons. The van der Waals surface area contributed by atoms with E-state index < -0.39 is 10.0 Å². The van der Waals surface area contributed by atoms with Crippen molar-refractivity contribution in [1.82, 2.24) is 14.6 Å². The third-order valence-corrected chi connectivity index (χ3v) is 7.19. The Morgan fingerprint density at radius 3 is 2.95 bits per heavy atom. The lowest BCUT2D eigenvalue weighted by Crippen LogP contribution is -2.54. The van der Waals surface area contributed by atoms with Crippen molar-refractivity contribution in [3.63, 3.8) is 0 Å². The van der Waals surface area contributed by atoms with Gasteiger partial charge in [-0.25, -0.2) is 13.4 Å². The van der Waals surface area contributed by atoms with Gasteiger partial charge in [0.1, 0.15) is 0 Å². The van der Waals surface area contributed by atoms with Gasteiger partial charge in [-0.1, -0.05) is 0 Å². The van der Waals surface area contributed by atoms with Gasteiger partial charge in [-0.3, -0.25) is 4.79 Å². The fourth-order valence-corrected chi connectivity index (χ4v) is 5.66. The molecule has 1 N–H and O–H groups in total. The maximum atomic E-state index is 12.5. The van der Waals surface area contributed by atoms with E-state index in [0.29, 0.717) is 30.1 Å². The van der Waals surface area contributed by atoms with Crippen LogP contribution in [0.5, 0.6) is 0 Å². The number of piperidine rings is 2. The molecule has 1 aromatic rings. The molecule has 2 aliphatic heterocycles. The fourth-order valence-electron chi connectivity index (χ4n) is 2.88. The molecule has 3 rings (SSSR count).